The number of fused-ring (bicyclic) bond motifs is 1. The van der Waals surface area contributed by atoms with Gasteiger partial charge in [-0.25, -0.2) is 14.4 Å². The van der Waals surface area contributed by atoms with Gasteiger partial charge in [-0.2, -0.15) is 0 Å². The first kappa shape index (κ1) is 36.9. The van der Waals surface area contributed by atoms with Crippen LogP contribution >= 0.6 is 0 Å². The van der Waals surface area contributed by atoms with E-state index in [0.717, 1.165) is 16.5 Å². The lowest BCUT2D eigenvalue weighted by molar-refractivity contribution is -0.143. The lowest BCUT2D eigenvalue weighted by atomic mass is 10.0. The molecule has 5 amide bonds. The van der Waals surface area contributed by atoms with Gasteiger partial charge in [0.1, 0.15) is 30.3 Å². The molecule has 8 N–H and O–H groups in total. The molecule has 0 aliphatic carbocycles. The molecule has 15 nitrogen and oxygen atoms in total. The van der Waals surface area contributed by atoms with Crippen LogP contribution in [0, 0.1) is 0 Å². The number of nitrogens with two attached hydrogens (primary N) is 1. The molecule has 0 unspecified atom stereocenters. The van der Waals surface area contributed by atoms with Crippen molar-refractivity contribution in [3.05, 3.63) is 71.9 Å². The number of hydrogen-bond donors (Lipinski definition) is 7. The van der Waals surface area contributed by atoms with Crippen LogP contribution in [-0.4, -0.2) is 76.2 Å². The number of alkyl carbamates (subject to hydrolysis) is 2. The third-order valence-electron chi connectivity index (χ3n) is 6.91. The van der Waals surface area contributed by atoms with Crippen molar-refractivity contribution in [3.8, 4) is 0 Å². The van der Waals surface area contributed by atoms with E-state index in [1.807, 2.05) is 42.5 Å². The van der Waals surface area contributed by atoms with Crippen LogP contribution in [0.1, 0.15) is 51.2 Å². The Morgan fingerprint density at radius 3 is 2.17 bits per heavy atom. The number of aliphatic carboxylic acids is 1. The number of hydrogen-bond acceptors (Lipinski definition) is 8. The van der Waals surface area contributed by atoms with Crippen LogP contribution in [0.3, 0.4) is 0 Å². The summed E-state index contributed by atoms with van der Waals surface area (Å²) in [5.74, 6) is -4.13. The van der Waals surface area contributed by atoms with Gasteiger partial charge in [0.05, 0.1) is 6.42 Å². The van der Waals surface area contributed by atoms with E-state index >= 15 is 0 Å². The number of H-pyrrole nitrogens is 1. The molecule has 15 heteroatoms. The molecule has 0 spiro atoms. The molecule has 2 aromatic carbocycles. The second kappa shape index (κ2) is 17.4. The molecule has 3 rings (SSSR count). The van der Waals surface area contributed by atoms with Gasteiger partial charge >= 0.3 is 18.2 Å². The predicted octanol–water partition coefficient (Wildman–Crippen LogP) is 2.24. The highest BCUT2D eigenvalue weighted by atomic mass is 16.6. The van der Waals surface area contributed by atoms with Crippen molar-refractivity contribution in [2.45, 2.75) is 76.8 Å². The zero-order chi connectivity index (χ0) is 35.3. The number of aromatic nitrogens is 1. The van der Waals surface area contributed by atoms with Crippen LogP contribution < -0.4 is 27.0 Å². The molecule has 3 atom stereocenters. The molecule has 1 aromatic heterocycles. The Balaban J connectivity index is 1.75. The number of rotatable bonds is 16. The van der Waals surface area contributed by atoms with Crippen LogP contribution in [0.15, 0.2) is 60.8 Å². The van der Waals surface area contributed by atoms with Gasteiger partial charge in [-0.15, -0.1) is 0 Å². The number of ether oxygens (including phenoxy) is 2. The van der Waals surface area contributed by atoms with E-state index in [4.69, 9.17) is 15.2 Å². The minimum atomic E-state index is -1.65. The number of primary amides is 1. The Kier molecular flexibility index (Phi) is 13.3. The van der Waals surface area contributed by atoms with Crippen molar-refractivity contribution in [2.75, 3.05) is 6.54 Å². The molecule has 3 aromatic rings. The second-order valence-electron chi connectivity index (χ2n) is 12.0. The highest BCUT2D eigenvalue weighted by Gasteiger charge is 2.31. The lowest BCUT2D eigenvalue weighted by Gasteiger charge is -2.26. The van der Waals surface area contributed by atoms with E-state index in [1.165, 1.54) is 0 Å². The zero-order valence-corrected chi connectivity index (χ0v) is 27.0. The first-order valence-corrected chi connectivity index (χ1v) is 15.3. The van der Waals surface area contributed by atoms with Gasteiger partial charge in [0.25, 0.3) is 0 Å². The summed E-state index contributed by atoms with van der Waals surface area (Å²) in [6.45, 7) is 5.09. The molecule has 0 saturated heterocycles. The van der Waals surface area contributed by atoms with Crippen LogP contribution in [0.2, 0.25) is 0 Å². The first-order valence-electron chi connectivity index (χ1n) is 15.3. The van der Waals surface area contributed by atoms with Crippen LogP contribution in [0.4, 0.5) is 9.59 Å². The zero-order valence-electron chi connectivity index (χ0n) is 27.0. The molecule has 0 fully saturated rings. The van der Waals surface area contributed by atoms with E-state index in [-0.39, 0.29) is 32.4 Å². The highest BCUT2D eigenvalue weighted by molar-refractivity contribution is 5.94. The lowest BCUT2D eigenvalue weighted by Crippen LogP contribution is -2.57. The topological polar surface area (TPSA) is 231 Å². The fraction of sp³-hybridized carbons (Fsp3) is 0.394. The summed E-state index contributed by atoms with van der Waals surface area (Å²) in [6, 6.07) is 12.2. The Labute approximate surface area is 277 Å². The van der Waals surface area contributed by atoms with E-state index in [2.05, 4.69) is 26.3 Å². The number of amides is 5. The molecule has 0 bridgehead atoms. The number of aromatic amines is 1. The largest absolute Gasteiger partial charge is 0.480 e. The maximum absolute atomic E-state index is 13.7. The van der Waals surface area contributed by atoms with Crippen molar-refractivity contribution < 1.29 is 43.3 Å². The standard InChI is InChI=1S/C33H42N6O9/c1-33(2,3)48-32(46)39-25(16-21-18-36-23-13-8-7-12-22(21)23)29(42)37-24(28(41)38-26(30(43)44)17-27(34)40)14-9-15-35-31(45)47-19-20-10-5-4-6-11-20/h4-8,10-13,18,24-26,36H,9,14-17,19H2,1-3H3,(H2,34,40)(H,35,45)(H,37,42)(H,38,41)(H,39,46)(H,43,44)/t24-,25-,26-/m0/s1. The summed E-state index contributed by atoms with van der Waals surface area (Å²) in [7, 11) is 0. The van der Waals surface area contributed by atoms with E-state index in [1.54, 1.807) is 39.1 Å². The Morgan fingerprint density at radius 2 is 1.50 bits per heavy atom. The molecular weight excluding hydrogens is 624 g/mol. The number of carboxylic acids is 1. The molecule has 1 heterocycles. The Bertz CT molecular complexity index is 1580. The number of nitrogens with one attached hydrogen (secondary N) is 5. The molecule has 0 radical (unpaired) electrons. The van der Waals surface area contributed by atoms with Gasteiger partial charge in [-0.3, -0.25) is 14.4 Å². The summed E-state index contributed by atoms with van der Waals surface area (Å²) in [4.78, 5) is 78.2. The van der Waals surface area contributed by atoms with Crippen LogP contribution in [0.25, 0.3) is 10.9 Å². The van der Waals surface area contributed by atoms with Gasteiger partial charge in [0.2, 0.25) is 17.7 Å². The maximum atomic E-state index is 13.7. The van der Waals surface area contributed by atoms with Crippen LogP contribution in [0.5, 0.6) is 0 Å². The Morgan fingerprint density at radius 1 is 0.854 bits per heavy atom. The summed E-state index contributed by atoms with van der Waals surface area (Å²) < 4.78 is 10.5. The fourth-order valence-corrected chi connectivity index (χ4v) is 4.66. The van der Waals surface area contributed by atoms with Crippen molar-refractivity contribution in [2.24, 2.45) is 5.73 Å². The molecule has 0 saturated carbocycles. The van der Waals surface area contributed by atoms with Gasteiger partial charge in [0, 0.05) is 30.1 Å². The summed E-state index contributed by atoms with van der Waals surface area (Å²) >= 11 is 0. The number of carbonyl (C=O) groups excluding carboxylic acids is 5. The summed E-state index contributed by atoms with van der Waals surface area (Å²) in [5.41, 5.74) is 6.59. The first-order chi connectivity index (χ1) is 22.7. The molecule has 48 heavy (non-hydrogen) atoms. The van der Waals surface area contributed by atoms with Gasteiger partial charge in [0.15, 0.2) is 0 Å². The molecular formula is C33H42N6O9. The molecule has 0 aliphatic rings. The normalized spacial score (nSPS) is 13.0. The predicted molar refractivity (Wildman–Crippen MR) is 174 cm³/mol. The quantitative estimate of drug-likeness (QED) is 0.111. The molecule has 258 valence electrons. The van der Waals surface area contributed by atoms with E-state index in [0.29, 0.717) is 5.56 Å². The fourth-order valence-electron chi connectivity index (χ4n) is 4.66. The maximum Gasteiger partial charge on any atom is 0.408 e. The summed E-state index contributed by atoms with van der Waals surface area (Å²) in [5, 5.41) is 20.3. The summed E-state index contributed by atoms with van der Waals surface area (Å²) in [6.07, 6.45) is -0.441. The van der Waals surface area contributed by atoms with Crippen molar-refractivity contribution in [1.29, 1.82) is 0 Å². The Hall–Kier alpha value is -5.60. The average molecular weight is 667 g/mol. The number of carboxylic acid groups (broad SMARTS) is 1. The van der Waals surface area contributed by atoms with Gasteiger partial charge in [-0.05, 0) is 50.8 Å². The average Bonchev–Trinajstić information content (AvgIpc) is 3.42. The van der Waals surface area contributed by atoms with E-state index in [9.17, 15) is 33.9 Å². The minimum Gasteiger partial charge on any atom is -0.480 e. The SMILES string of the molecule is CC(C)(C)OC(=O)N[C@@H](Cc1c[nH]c2ccccc12)C(=O)N[C@@H](CCCNC(=O)OCc1ccccc1)C(=O)N[C@@H](CC(N)=O)C(=O)O. The van der Waals surface area contributed by atoms with Gasteiger partial charge < -0.3 is 46.6 Å². The third kappa shape index (κ3) is 12.3. The van der Waals surface area contributed by atoms with E-state index < -0.39 is 66.0 Å². The van der Waals surface area contributed by atoms with Crippen molar-refractivity contribution in [1.82, 2.24) is 26.3 Å². The number of carbonyl (C=O) groups is 6. The number of benzene rings is 2. The third-order valence-corrected chi connectivity index (χ3v) is 6.91. The van der Waals surface area contributed by atoms with Crippen molar-refractivity contribution in [3.63, 3.8) is 0 Å². The molecule has 0 aliphatic heterocycles. The second-order valence-corrected chi connectivity index (χ2v) is 12.0. The van der Waals surface area contributed by atoms with Crippen LogP contribution in [-0.2, 0) is 41.7 Å². The highest BCUT2D eigenvalue weighted by Crippen LogP contribution is 2.20. The number of para-hydroxylation sites is 1. The van der Waals surface area contributed by atoms with Gasteiger partial charge in [-0.1, -0.05) is 48.5 Å². The minimum absolute atomic E-state index is 0.0116. The smallest absolute Gasteiger partial charge is 0.408 e. The monoisotopic (exact) mass is 666 g/mol. The van der Waals surface area contributed by atoms with Crippen molar-refractivity contribution >= 4 is 46.8 Å².